The molecule has 0 fully saturated rings. The number of anilines is 1. The molecule has 0 aliphatic rings. The lowest BCUT2D eigenvalue weighted by atomic mass is 10.1. The molecule has 3 aromatic heterocycles. The molecule has 4 aromatic rings. The topological polar surface area (TPSA) is 116 Å². The third-order valence-corrected chi connectivity index (χ3v) is 8.10. The zero-order valence-corrected chi connectivity index (χ0v) is 23.7. The van der Waals surface area contributed by atoms with Crippen LogP contribution in [0, 0.1) is 26.6 Å². The van der Waals surface area contributed by atoms with Crippen LogP contribution in [-0.2, 0) is 16.4 Å². The van der Waals surface area contributed by atoms with Crippen molar-refractivity contribution < 1.29 is 22.0 Å². The van der Waals surface area contributed by atoms with Crippen LogP contribution in [0.15, 0.2) is 41.1 Å². The van der Waals surface area contributed by atoms with Crippen molar-refractivity contribution in [3.8, 4) is 23.0 Å². The summed E-state index contributed by atoms with van der Waals surface area (Å²) in [6.45, 7) is 11.2. The summed E-state index contributed by atoms with van der Waals surface area (Å²) in [4.78, 5) is 7.77. The summed E-state index contributed by atoms with van der Waals surface area (Å²) in [5.41, 5.74) is 2.32. The number of nitrogens with zero attached hydrogens (tertiary/aromatic N) is 6. The Labute approximate surface area is 222 Å². The molecule has 0 aliphatic heterocycles. The molecule has 3 heterocycles. The van der Waals surface area contributed by atoms with Crippen molar-refractivity contribution in [2.75, 3.05) is 18.5 Å². The van der Waals surface area contributed by atoms with Crippen LogP contribution in [-0.4, -0.2) is 52.6 Å². The van der Waals surface area contributed by atoms with E-state index in [1.807, 2.05) is 52.8 Å². The molecule has 204 valence electrons. The largest absolute Gasteiger partial charge is 0.495 e. The van der Waals surface area contributed by atoms with Gasteiger partial charge in [-0.3, -0.25) is 4.57 Å². The van der Waals surface area contributed by atoms with E-state index in [1.165, 1.54) is 21.1 Å². The highest BCUT2D eigenvalue weighted by molar-refractivity contribution is 7.93. The fourth-order valence-corrected chi connectivity index (χ4v) is 5.05. The third kappa shape index (κ3) is 5.54. The number of aromatic nitrogens is 5. The van der Waals surface area contributed by atoms with Gasteiger partial charge in [-0.2, -0.15) is 0 Å². The Morgan fingerprint density at radius 2 is 1.76 bits per heavy atom. The second-order valence-electron chi connectivity index (χ2n) is 8.48. The van der Waals surface area contributed by atoms with Crippen molar-refractivity contribution in [3.05, 3.63) is 65.2 Å². The Morgan fingerprint density at radius 1 is 1.11 bits per heavy atom. The Bertz CT molecular complexity index is 1480. The minimum absolute atomic E-state index is 0.0157. The van der Waals surface area contributed by atoms with Crippen molar-refractivity contribution >= 4 is 16.0 Å². The van der Waals surface area contributed by atoms with Crippen molar-refractivity contribution in [3.63, 3.8) is 0 Å². The first-order chi connectivity index (χ1) is 18.0. The normalized spacial score (nSPS) is 12.0. The molecule has 1 aromatic carbocycles. The van der Waals surface area contributed by atoms with E-state index in [0.29, 0.717) is 28.8 Å². The lowest BCUT2D eigenvalue weighted by molar-refractivity contribution is 0.412. The van der Waals surface area contributed by atoms with E-state index in [4.69, 9.17) is 9.15 Å². The Hall–Kier alpha value is -3.80. The van der Waals surface area contributed by atoms with E-state index in [2.05, 4.69) is 20.2 Å². The number of hydrogen-bond acceptors (Lipinski definition) is 8. The lowest BCUT2D eigenvalue weighted by Gasteiger charge is -2.24. The highest BCUT2D eigenvalue weighted by Gasteiger charge is 2.33. The van der Waals surface area contributed by atoms with Crippen LogP contribution in [0.1, 0.15) is 43.5 Å². The molecule has 12 heteroatoms. The quantitative estimate of drug-likeness (QED) is 0.310. The summed E-state index contributed by atoms with van der Waals surface area (Å²) < 4.78 is 54.6. The van der Waals surface area contributed by atoms with Crippen LogP contribution in [0.5, 0.6) is 5.75 Å². The molecule has 0 unspecified atom stereocenters. The molecule has 0 spiro atoms. The zero-order chi connectivity index (χ0) is 28.2. The van der Waals surface area contributed by atoms with Crippen molar-refractivity contribution in [1.29, 1.82) is 0 Å². The molecular weight excluding hydrogens is 511 g/mol. The van der Waals surface area contributed by atoms with Gasteiger partial charge in [-0.1, -0.05) is 26.0 Å². The second kappa shape index (κ2) is 11.7. The Balaban J connectivity index is 0.00000195. The molecule has 0 radical (unpaired) electrons. The van der Waals surface area contributed by atoms with E-state index in [1.54, 1.807) is 10.6 Å². The molecule has 0 bridgehead atoms. The van der Waals surface area contributed by atoms with Gasteiger partial charge in [0, 0.05) is 13.5 Å². The molecule has 0 saturated heterocycles. The summed E-state index contributed by atoms with van der Waals surface area (Å²) >= 11 is 0. The molecule has 0 amide bonds. The fraction of sp³-hybridized carbons (Fsp3) is 0.385. The Morgan fingerprint density at radius 3 is 2.34 bits per heavy atom. The highest BCUT2D eigenvalue weighted by atomic mass is 32.2. The van der Waals surface area contributed by atoms with Gasteiger partial charge in [-0.15, -0.1) is 10.2 Å². The molecule has 0 N–H and O–H groups in total. The number of halogens is 1. The number of hydrogen-bond donors (Lipinski definition) is 0. The monoisotopic (exact) mass is 544 g/mol. The van der Waals surface area contributed by atoms with Crippen LogP contribution >= 0.6 is 0 Å². The number of para-hydroxylation sites is 1. The molecular formula is C26H33FN6O4S. The van der Waals surface area contributed by atoms with Gasteiger partial charge in [0.05, 0.1) is 30.4 Å². The van der Waals surface area contributed by atoms with Gasteiger partial charge in [0.25, 0.3) is 0 Å². The zero-order valence-electron chi connectivity index (χ0n) is 22.9. The maximum Gasteiger partial charge on any atom is 0.245 e. The van der Waals surface area contributed by atoms with Crippen LogP contribution in [0.3, 0.4) is 0 Å². The molecule has 38 heavy (non-hydrogen) atoms. The second-order valence-corrected chi connectivity index (χ2v) is 10.9. The van der Waals surface area contributed by atoms with Gasteiger partial charge in [0.1, 0.15) is 17.3 Å². The summed E-state index contributed by atoms with van der Waals surface area (Å²) in [5.74, 6) is 1.66. The van der Waals surface area contributed by atoms with Gasteiger partial charge >= 0.3 is 0 Å². The Kier molecular flexibility index (Phi) is 8.87. The number of benzene rings is 1. The molecule has 0 saturated carbocycles. The predicted octanol–water partition coefficient (Wildman–Crippen LogP) is 4.81. The first kappa shape index (κ1) is 28.8. The fourth-order valence-electron chi connectivity index (χ4n) is 3.80. The molecule has 10 nitrogen and oxygen atoms in total. The number of methoxy groups -OCH3 is 1. The van der Waals surface area contributed by atoms with Crippen molar-refractivity contribution in [2.24, 2.45) is 0 Å². The van der Waals surface area contributed by atoms with Gasteiger partial charge in [0.15, 0.2) is 11.6 Å². The standard InChI is InChI=1S/C24H27FN6O4S.C2H6/c1-14-8-7-9-19(34-6)22(14)31-23(20-10-15(2)17(4)35-20)28-29-24(31)30(5)36(32,33)16(3)11-21-26-12-18(25)13-27-21;1-2/h7-10,12-13,16H,11H2,1-6H3;1-2H3/t16-;/m0./s1. The van der Waals surface area contributed by atoms with E-state index in [0.717, 1.165) is 27.8 Å². The summed E-state index contributed by atoms with van der Waals surface area (Å²) in [6, 6.07) is 7.33. The molecule has 4 rings (SSSR count). The molecule has 1 atom stereocenters. The van der Waals surface area contributed by atoms with E-state index >= 15 is 0 Å². The predicted molar refractivity (Wildman–Crippen MR) is 144 cm³/mol. The van der Waals surface area contributed by atoms with Gasteiger partial charge in [-0.25, -0.2) is 27.1 Å². The first-order valence-corrected chi connectivity index (χ1v) is 13.7. The molecule has 0 aliphatic carbocycles. The minimum Gasteiger partial charge on any atom is -0.495 e. The van der Waals surface area contributed by atoms with E-state index < -0.39 is 21.1 Å². The van der Waals surface area contributed by atoms with Crippen LogP contribution < -0.4 is 9.04 Å². The maximum absolute atomic E-state index is 13.6. The highest BCUT2D eigenvalue weighted by Crippen LogP contribution is 2.36. The van der Waals surface area contributed by atoms with Crippen molar-refractivity contribution in [1.82, 2.24) is 24.7 Å². The van der Waals surface area contributed by atoms with Crippen LogP contribution in [0.2, 0.25) is 0 Å². The number of ether oxygens (including phenoxy) is 1. The maximum atomic E-state index is 13.6. The van der Waals surface area contributed by atoms with Crippen LogP contribution in [0.4, 0.5) is 10.3 Å². The van der Waals surface area contributed by atoms with E-state index in [9.17, 15) is 12.8 Å². The minimum atomic E-state index is -3.97. The van der Waals surface area contributed by atoms with Gasteiger partial charge in [-0.05, 0) is 51.0 Å². The number of rotatable bonds is 8. The number of aryl methyl sites for hydroxylation is 3. The summed E-state index contributed by atoms with van der Waals surface area (Å²) in [7, 11) is -1.03. The lowest BCUT2D eigenvalue weighted by Crippen LogP contribution is -2.37. The average Bonchev–Trinajstić information content (AvgIpc) is 3.48. The van der Waals surface area contributed by atoms with Gasteiger partial charge in [0.2, 0.25) is 21.8 Å². The third-order valence-electron chi connectivity index (χ3n) is 5.99. The summed E-state index contributed by atoms with van der Waals surface area (Å²) in [5, 5.41) is 7.63. The SMILES string of the molecule is CC.COc1cccc(C)c1-n1c(-c2cc(C)c(C)o2)nnc1N(C)S(=O)(=O)[C@@H](C)Cc1ncc(F)cn1. The average molecular weight is 545 g/mol. The van der Waals surface area contributed by atoms with Crippen molar-refractivity contribution in [2.45, 2.75) is 53.2 Å². The number of furan rings is 1. The number of sulfonamides is 1. The smallest absolute Gasteiger partial charge is 0.245 e. The summed E-state index contributed by atoms with van der Waals surface area (Å²) in [6.07, 6.45) is 2.00. The van der Waals surface area contributed by atoms with E-state index in [-0.39, 0.29) is 18.2 Å². The first-order valence-electron chi connectivity index (χ1n) is 12.2. The van der Waals surface area contributed by atoms with Gasteiger partial charge < -0.3 is 9.15 Å². The van der Waals surface area contributed by atoms with Crippen LogP contribution in [0.25, 0.3) is 17.3 Å².